The molecule has 3 aliphatic rings. The number of amides is 16. The number of hydrogen-bond acceptors (Lipinski definition) is 23. The van der Waals surface area contributed by atoms with Gasteiger partial charge in [-0.1, -0.05) is 88.1 Å². The third-order valence-electron chi connectivity index (χ3n) is 24.2. The van der Waals surface area contributed by atoms with Crippen LogP contribution in [0.4, 0.5) is 0 Å². The number of nitrogens with two attached hydrogens (primary N) is 4. The van der Waals surface area contributed by atoms with Crippen molar-refractivity contribution in [3.63, 3.8) is 0 Å². The quantitative estimate of drug-likeness (QED) is 0.0240. The summed E-state index contributed by atoms with van der Waals surface area (Å²) < 4.78 is 5.32. The lowest BCUT2D eigenvalue weighted by Crippen LogP contribution is -2.61. The number of nitrogens with zero attached hydrogens (tertiary/aromatic N) is 5. The number of aromatic nitrogens is 2. The van der Waals surface area contributed by atoms with Crippen molar-refractivity contribution in [2.45, 2.75) is 240 Å². The number of carbonyl (C=O) groups is 18. The summed E-state index contributed by atoms with van der Waals surface area (Å²) in [7, 11) is 5.35. The van der Waals surface area contributed by atoms with E-state index < -0.39 is 235 Å². The lowest BCUT2D eigenvalue weighted by Gasteiger charge is -2.36. The van der Waals surface area contributed by atoms with E-state index in [9.17, 15) is 63.0 Å². The number of para-hydroxylation sites is 2. The van der Waals surface area contributed by atoms with E-state index in [4.69, 9.17) is 27.7 Å². The molecule has 5 heterocycles. The van der Waals surface area contributed by atoms with Gasteiger partial charge in [0.25, 0.3) is 0 Å². The zero-order valence-corrected chi connectivity index (χ0v) is 77.1. The van der Waals surface area contributed by atoms with Crippen molar-refractivity contribution in [2.24, 2.45) is 22.9 Å². The van der Waals surface area contributed by atoms with Crippen molar-refractivity contribution in [1.29, 1.82) is 0 Å². The molecule has 2 unspecified atom stereocenters. The van der Waals surface area contributed by atoms with E-state index in [0.717, 1.165) is 31.4 Å². The summed E-state index contributed by atoms with van der Waals surface area (Å²) in [5, 5.41) is 47.9. The van der Waals surface area contributed by atoms with Crippen molar-refractivity contribution in [3.8, 4) is 5.75 Å². The van der Waals surface area contributed by atoms with Crippen LogP contribution in [0.2, 0.25) is 0 Å². The minimum atomic E-state index is -1.88. The van der Waals surface area contributed by atoms with Gasteiger partial charge < -0.3 is 126 Å². The predicted molar refractivity (Wildman–Crippen MR) is 491 cm³/mol. The second-order valence-electron chi connectivity index (χ2n) is 33.7. The largest absolute Gasteiger partial charge is 0.497 e. The Morgan fingerprint density at radius 2 is 0.985 bits per heavy atom. The smallest absolute Gasteiger partial charge is 0.305 e. The topological polar surface area (TPSA) is 629 Å². The number of ether oxygens (including phenoxy) is 1. The van der Waals surface area contributed by atoms with Crippen LogP contribution in [0.25, 0.3) is 21.8 Å². The number of nitrogens with one attached hydrogen (secondary N) is 12. The number of thioether (sulfide) groups is 1. The van der Waals surface area contributed by atoms with E-state index in [1.807, 2.05) is 13.8 Å². The number of aromatic amines is 2. The van der Waals surface area contributed by atoms with Gasteiger partial charge in [-0.25, -0.2) is 0 Å². The molecular formula is C90H129N21O21S. The molecule has 3 fully saturated rings. The van der Waals surface area contributed by atoms with Gasteiger partial charge in [-0.05, 0) is 144 Å². The Morgan fingerprint density at radius 3 is 1.55 bits per heavy atom. The van der Waals surface area contributed by atoms with Gasteiger partial charge in [0.1, 0.15) is 90.3 Å². The highest BCUT2D eigenvalue weighted by molar-refractivity contribution is 8.00. The number of unbranched alkanes of at least 4 members (excludes halogenated alkanes) is 3. The fourth-order valence-corrected chi connectivity index (χ4v) is 17.4. The Morgan fingerprint density at radius 1 is 0.489 bits per heavy atom. The molecule has 0 radical (unpaired) electrons. The minimum absolute atomic E-state index is 0.00603. The molecular weight excluding hydrogens is 1740 g/mol. The van der Waals surface area contributed by atoms with Crippen LogP contribution in [0, 0.1) is 0 Å². The number of H-pyrrole nitrogens is 2. The highest BCUT2D eigenvalue weighted by Gasteiger charge is 2.45. The molecule has 133 heavy (non-hydrogen) atoms. The normalized spacial score (nSPS) is 24.4. The summed E-state index contributed by atoms with van der Waals surface area (Å²) in [5.74, 6) is -18.2. The van der Waals surface area contributed by atoms with Crippen molar-refractivity contribution >= 4 is 140 Å². The average Bonchev–Trinajstić information content (AvgIpc) is 1.73. The highest BCUT2D eigenvalue weighted by atomic mass is 32.2. The van der Waals surface area contributed by atoms with E-state index >= 15 is 33.6 Å². The number of likely N-dealkylation sites (N-methyl/N-ethyl adjacent to an activating group) is 3. The Hall–Kier alpha value is -12.8. The Balaban J connectivity index is 1.18. The van der Waals surface area contributed by atoms with Gasteiger partial charge in [-0.3, -0.25) is 86.3 Å². The van der Waals surface area contributed by atoms with Gasteiger partial charge in [0.2, 0.25) is 94.5 Å². The summed E-state index contributed by atoms with van der Waals surface area (Å²) >= 11 is 0.736. The number of aliphatic carboxylic acids is 2. The van der Waals surface area contributed by atoms with Crippen LogP contribution >= 0.6 is 11.8 Å². The Kier molecular flexibility index (Phi) is 41.2. The van der Waals surface area contributed by atoms with Gasteiger partial charge in [-0.15, -0.1) is 11.8 Å². The van der Waals surface area contributed by atoms with Gasteiger partial charge in [0, 0.05) is 100.0 Å². The number of fused-ring (bicyclic) bond motifs is 4. The minimum Gasteiger partial charge on any atom is -0.497 e. The Labute approximate surface area is 775 Å². The molecule has 3 aliphatic heterocycles. The lowest BCUT2D eigenvalue weighted by molar-refractivity contribution is -0.149. The van der Waals surface area contributed by atoms with Gasteiger partial charge >= 0.3 is 11.9 Å². The first-order valence-electron chi connectivity index (χ1n) is 45.1. The second-order valence-corrected chi connectivity index (χ2v) is 34.7. The maximum atomic E-state index is 15.8. The molecule has 8 rings (SSSR count). The fourth-order valence-electron chi connectivity index (χ4n) is 16.5. The first kappa shape index (κ1) is 106. The molecule has 43 heteroatoms. The van der Waals surface area contributed by atoms with Crippen molar-refractivity contribution in [2.75, 3.05) is 79.0 Å². The van der Waals surface area contributed by atoms with Crippen molar-refractivity contribution in [1.82, 2.24) is 87.6 Å². The van der Waals surface area contributed by atoms with Crippen LogP contribution in [-0.4, -0.2) is 315 Å². The maximum Gasteiger partial charge on any atom is 0.305 e. The number of rotatable bonds is 29. The standard InChI is InChI=1S/C90H129N21O21S/c1-8-10-25-69-83(124)100-60(35-36-75(114)115)79(120)106-68(78(119)97-48-73(94)112)49-133-50-74(113)98-63(34-31-52-29-32-55(132-7)33-30-52)86(127)107(4)51(3)77(118)103-66(44-76(116)117)89(130)111-41-19-28-71(111)85(126)105-67(45-93)82(123)101-62(24-16-17-38-91)88(129)110-40-18-27-70(110)84(125)102-64(42-53-46-95-58-22-14-12-20-56(53)58)81(122)99-61(37-39-92)80(121)104-65(43-54-47-96-59-23-15-13-21-57(54)59)87(128)109(6)72(26-11-9-2)90(131)108(69)5/h12-15,20-23,29-30,32-33,46-47,51,60-72,95-96H,8-11,16-19,24-28,31,34-45,48-50,91-93H2,1-7H3,(H2,94,112)(H,97,119)(H,98,113)(H,99,122)(H,100,124)(H,101,123)(H,102,125)(H,103,118)(H,104,121)(H,105,126)(H,106,120)(H,114,115)(H,116,117)/t51-,60-,61-,62-,63-,64-,65-,66-,67-,68-,69-,70?,71?,72-/m0/s1. The number of benzene rings is 3. The Bertz CT molecular complexity index is 4940. The zero-order valence-electron chi connectivity index (χ0n) is 76.3. The van der Waals surface area contributed by atoms with E-state index in [0.29, 0.717) is 76.3 Å². The summed E-state index contributed by atoms with van der Waals surface area (Å²) in [4.78, 5) is 273. The number of hydrogen-bond donors (Lipinski definition) is 18. The molecule has 3 saturated heterocycles. The first-order valence-corrected chi connectivity index (χ1v) is 46.3. The first-order chi connectivity index (χ1) is 63.6. The van der Waals surface area contributed by atoms with Gasteiger partial charge in [0.15, 0.2) is 0 Å². The predicted octanol–water partition coefficient (Wildman–Crippen LogP) is -1.57. The highest BCUT2D eigenvalue weighted by Crippen LogP contribution is 2.28. The van der Waals surface area contributed by atoms with Crippen molar-refractivity contribution < 1.29 is 101 Å². The molecule has 22 N–H and O–H groups in total. The number of methoxy groups -OCH3 is 1. The number of aryl methyl sites for hydroxylation is 1. The molecule has 0 bridgehead atoms. The van der Waals surface area contributed by atoms with Crippen LogP contribution in [0.5, 0.6) is 5.75 Å². The summed E-state index contributed by atoms with van der Waals surface area (Å²) in [5.41, 5.74) is 26.9. The van der Waals surface area contributed by atoms with Gasteiger partial charge in [-0.2, -0.15) is 0 Å². The summed E-state index contributed by atoms with van der Waals surface area (Å²) in [6, 6.07) is -0.289. The molecule has 3 aromatic carbocycles. The van der Waals surface area contributed by atoms with E-state index in [1.54, 1.807) is 85.2 Å². The van der Waals surface area contributed by atoms with Gasteiger partial charge in [0.05, 0.1) is 25.8 Å². The molecule has 5 aromatic rings. The van der Waals surface area contributed by atoms with E-state index in [1.165, 1.54) is 40.1 Å². The van der Waals surface area contributed by atoms with Crippen molar-refractivity contribution in [3.05, 3.63) is 102 Å². The number of carboxylic acids is 2. The second kappa shape index (κ2) is 51.9. The third-order valence-corrected chi connectivity index (χ3v) is 25.2. The monoisotopic (exact) mass is 1870 g/mol. The molecule has 14 atom stereocenters. The molecule has 16 amide bonds. The SMILES string of the molecule is CCCC[C@H]1C(=O)N(C)[C@@H](CCCC)C(=O)N[C@@H](CCC(=O)O)C(=O)N[C@H](C(=O)NCC(N)=O)CSCC(=O)N[C@@H](CCc2ccc(OC)cc2)C(=O)N(C)[C@@H](C)C(=O)N[C@@H](CC(=O)O)C(=O)N2CCCC2C(=O)N[C@@H](CN)C(=O)N[C@@H](CCCCN)C(=O)N2CCCC2C(=O)N[C@@H](Cc2c[nH]c3ccccc23)C(=O)N[C@@H](CCN)C(=O)N[C@@H](Cc2c[nH]c3ccccc23)C(=O)N1C. The van der Waals surface area contributed by atoms with Crippen LogP contribution < -0.4 is 80.8 Å². The molecule has 2 aromatic heterocycles. The van der Waals surface area contributed by atoms with Crippen LogP contribution in [0.1, 0.15) is 153 Å². The molecule has 0 saturated carbocycles. The average molecular weight is 1870 g/mol. The fraction of sp³-hybridized carbons (Fsp3) is 0.556. The van der Waals surface area contributed by atoms with E-state index in [2.05, 4.69) is 63.1 Å². The number of primary amides is 1. The van der Waals surface area contributed by atoms with E-state index in [-0.39, 0.29) is 110 Å². The maximum absolute atomic E-state index is 15.8. The molecule has 0 aliphatic carbocycles. The number of carbonyl (C=O) groups excluding carboxylic acids is 16. The lowest BCUT2D eigenvalue weighted by atomic mass is 9.99. The molecule has 0 spiro atoms. The zero-order chi connectivity index (χ0) is 97.3. The van der Waals surface area contributed by atoms with Crippen LogP contribution in [-0.2, 0) is 106 Å². The number of carboxylic acid groups (broad SMARTS) is 2. The molecule has 42 nitrogen and oxygen atoms in total. The summed E-state index contributed by atoms with van der Waals surface area (Å²) in [6.07, 6.45) is 2.88. The van der Waals surface area contributed by atoms with Crippen LogP contribution in [0.15, 0.2) is 85.2 Å². The summed E-state index contributed by atoms with van der Waals surface area (Å²) in [6.45, 7) is 3.42. The van der Waals surface area contributed by atoms with Crippen LogP contribution in [0.3, 0.4) is 0 Å². The molecule has 726 valence electrons. The third kappa shape index (κ3) is 29.9.